The van der Waals surface area contributed by atoms with Gasteiger partial charge in [0.25, 0.3) is 0 Å². The van der Waals surface area contributed by atoms with E-state index < -0.39 is 5.54 Å². The first-order chi connectivity index (χ1) is 12.6. The van der Waals surface area contributed by atoms with E-state index in [0.29, 0.717) is 18.9 Å². The molecule has 2 N–H and O–H groups in total. The lowest BCUT2D eigenvalue weighted by molar-refractivity contribution is -0.145. The van der Waals surface area contributed by atoms with Gasteiger partial charge in [0.1, 0.15) is 6.61 Å². The van der Waals surface area contributed by atoms with E-state index >= 15 is 0 Å². The summed E-state index contributed by atoms with van der Waals surface area (Å²) in [5.41, 5.74) is 8.36. The first-order valence-corrected chi connectivity index (χ1v) is 9.62. The Hall–Kier alpha value is -2.13. The number of carbonyl (C=O) groups is 1. The molecule has 26 heavy (non-hydrogen) atoms. The number of nitrogens with two attached hydrogens (primary N) is 1. The highest BCUT2D eigenvalue weighted by molar-refractivity contribution is 5.69. The minimum absolute atomic E-state index is 0.151. The van der Waals surface area contributed by atoms with Gasteiger partial charge in [-0.25, -0.2) is 0 Å². The van der Waals surface area contributed by atoms with Crippen molar-refractivity contribution in [2.45, 2.75) is 57.4 Å². The molecule has 0 spiro atoms. The maximum Gasteiger partial charge on any atom is 0.305 e. The molecule has 0 radical (unpaired) electrons. The first kappa shape index (κ1) is 20.2. The monoisotopic (exact) mass is 353 g/mol. The van der Waals surface area contributed by atoms with E-state index in [1.54, 1.807) is 0 Å². The van der Waals surface area contributed by atoms with Crippen molar-refractivity contribution in [2.24, 2.45) is 5.73 Å². The summed E-state index contributed by atoms with van der Waals surface area (Å²) in [6.45, 7) is 4.36. The number of esters is 1. The fourth-order valence-corrected chi connectivity index (χ4v) is 3.10. The fourth-order valence-electron chi connectivity index (χ4n) is 3.10. The Kier molecular flexibility index (Phi) is 7.86. The van der Waals surface area contributed by atoms with Crippen LogP contribution in [0.4, 0.5) is 0 Å². The maximum absolute atomic E-state index is 12.1. The molecule has 3 heteroatoms. The zero-order chi connectivity index (χ0) is 18.8. The van der Waals surface area contributed by atoms with Crippen LogP contribution in [0.5, 0.6) is 0 Å². The summed E-state index contributed by atoms with van der Waals surface area (Å²) in [4.78, 5) is 12.1. The van der Waals surface area contributed by atoms with E-state index in [9.17, 15) is 4.79 Å². The topological polar surface area (TPSA) is 52.3 Å². The average molecular weight is 354 g/mol. The molecule has 0 heterocycles. The molecule has 2 aromatic rings. The molecule has 2 rings (SSSR count). The summed E-state index contributed by atoms with van der Waals surface area (Å²) in [5.74, 6) is 0.145. The van der Waals surface area contributed by atoms with Gasteiger partial charge in [0.05, 0.1) is 0 Å². The molecule has 0 saturated heterocycles. The van der Waals surface area contributed by atoms with Crippen molar-refractivity contribution >= 4 is 5.97 Å². The van der Waals surface area contributed by atoms with Gasteiger partial charge < -0.3 is 10.5 Å². The summed E-state index contributed by atoms with van der Waals surface area (Å²) < 4.78 is 5.42. The molecule has 0 saturated carbocycles. The zero-order valence-corrected chi connectivity index (χ0v) is 16.0. The van der Waals surface area contributed by atoms with E-state index in [-0.39, 0.29) is 5.97 Å². The third-order valence-corrected chi connectivity index (χ3v) is 5.21. The van der Waals surface area contributed by atoms with Gasteiger partial charge in [-0.05, 0) is 36.8 Å². The van der Waals surface area contributed by atoms with Gasteiger partial charge in [0.2, 0.25) is 0 Å². The predicted molar refractivity (Wildman–Crippen MR) is 107 cm³/mol. The van der Waals surface area contributed by atoms with Gasteiger partial charge in [-0.15, -0.1) is 0 Å². The molecule has 0 aliphatic rings. The standard InChI is InChI=1S/C23H31NO2/c1-3-23(24,4-2)18-26-22(25)17-11-16-21(19-12-7-5-8-13-19)20-14-9-6-10-15-20/h5-10,12-15,21H,3-4,11,16-18,24H2,1-2H3. The maximum atomic E-state index is 12.1. The van der Waals surface area contributed by atoms with Gasteiger partial charge >= 0.3 is 5.97 Å². The Bertz CT molecular complexity index is 611. The van der Waals surface area contributed by atoms with Crippen molar-refractivity contribution in [3.8, 4) is 0 Å². The molecule has 140 valence electrons. The lowest BCUT2D eigenvalue weighted by atomic mass is 9.87. The quantitative estimate of drug-likeness (QED) is 0.608. The van der Waals surface area contributed by atoms with Crippen LogP contribution in [0.25, 0.3) is 0 Å². The van der Waals surface area contributed by atoms with E-state index in [1.807, 2.05) is 26.0 Å². The number of carbonyl (C=O) groups excluding carboxylic acids is 1. The smallest absolute Gasteiger partial charge is 0.305 e. The van der Waals surface area contributed by atoms with Crippen molar-refractivity contribution < 1.29 is 9.53 Å². The molecular weight excluding hydrogens is 322 g/mol. The second kappa shape index (κ2) is 10.1. The largest absolute Gasteiger partial charge is 0.464 e. The molecule has 0 aromatic heterocycles. The second-order valence-corrected chi connectivity index (χ2v) is 7.00. The summed E-state index contributed by atoms with van der Waals surface area (Å²) in [7, 11) is 0. The van der Waals surface area contributed by atoms with Crippen molar-refractivity contribution in [1.82, 2.24) is 0 Å². The van der Waals surface area contributed by atoms with Crippen molar-refractivity contribution in [3.63, 3.8) is 0 Å². The Morgan fingerprint density at radius 1 is 0.962 bits per heavy atom. The lowest BCUT2D eigenvalue weighted by Gasteiger charge is -2.25. The highest BCUT2D eigenvalue weighted by Crippen LogP contribution is 2.29. The van der Waals surface area contributed by atoms with Gasteiger partial charge in [-0.1, -0.05) is 74.5 Å². The molecule has 3 nitrogen and oxygen atoms in total. The van der Waals surface area contributed by atoms with Crippen LogP contribution in [-0.2, 0) is 9.53 Å². The molecular formula is C23H31NO2. The third kappa shape index (κ3) is 5.99. The summed E-state index contributed by atoms with van der Waals surface area (Å²) in [5, 5.41) is 0. The Balaban J connectivity index is 1.91. The highest BCUT2D eigenvalue weighted by atomic mass is 16.5. The van der Waals surface area contributed by atoms with Crippen molar-refractivity contribution in [2.75, 3.05) is 6.61 Å². The fraction of sp³-hybridized carbons (Fsp3) is 0.435. The van der Waals surface area contributed by atoms with E-state index in [4.69, 9.17) is 10.5 Å². The van der Waals surface area contributed by atoms with Crippen molar-refractivity contribution in [1.29, 1.82) is 0 Å². The first-order valence-electron chi connectivity index (χ1n) is 9.62. The van der Waals surface area contributed by atoms with E-state index in [0.717, 1.165) is 25.7 Å². The summed E-state index contributed by atoms with van der Waals surface area (Å²) in [6, 6.07) is 20.9. The lowest BCUT2D eigenvalue weighted by Crippen LogP contribution is -2.43. The SMILES string of the molecule is CCC(N)(CC)COC(=O)CCCC(c1ccccc1)c1ccccc1. The number of hydrogen-bond donors (Lipinski definition) is 1. The molecule has 0 amide bonds. The Morgan fingerprint density at radius 2 is 1.46 bits per heavy atom. The highest BCUT2D eigenvalue weighted by Gasteiger charge is 2.22. The zero-order valence-electron chi connectivity index (χ0n) is 16.0. The van der Waals surface area contributed by atoms with Crippen LogP contribution in [-0.4, -0.2) is 18.1 Å². The number of hydrogen-bond acceptors (Lipinski definition) is 3. The van der Waals surface area contributed by atoms with Crippen LogP contribution < -0.4 is 5.73 Å². The number of rotatable bonds is 10. The molecule has 0 bridgehead atoms. The average Bonchev–Trinajstić information content (AvgIpc) is 2.70. The molecule has 0 fully saturated rings. The van der Waals surface area contributed by atoms with E-state index in [1.165, 1.54) is 11.1 Å². The van der Waals surface area contributed by atoms with Crippen LogP contribution in [0.1, 0.15) is 63.0 Å². The predicted octanol–water partition coefficient (Wildman–Crippen LogP) is 5.05. The van der Waals surface area contributed by atoms with Crippen molar-refractivity contribution in [3.05, 3.63) is 71.8 Å². The molecule has 0 aliphatic heterocycles. The third-order valence-electron chi connectivity index (χ3n) is 5.21. The van der Waals surface area contributed by atoms with Crippen LogP contribution in [0.3, 0.4) is 0 Å². The van der Waals surface area contributed by atoms with E-state index in [2.05, 4.69) is 48.5 Å². The van der Waals surface area contributed by atoms with Gasteiger partial charge in [-0.3, -0.25) is 4.79 Å². The normalized spacial score (nSPS) is 11.5. The molecule has 0 atom stereocenters. The summed E-state index contributed by atoms with van der Waals surface area (Å²) in [6.07, 6.45) is 3.75. The molecule has 0 unspecified atom stereocenters. The minimum Gasteiger partial charge on any atom is -0.464 e. The van der Waals surface area contributed by atoms with Crippen LogP contribution in [0.2, 0.25) is 0 Å². The van der Waals surface area contributed by atoms with Gasteiger partial charge in [0.15, 0.2) is 0 Å². The molecule has 0 aliphatic carbocycles. The van der Waals surface area contributed by atoms with Crippen LogP contribution in [0, 0.1) is 0 Å². The molecule has 2 aromatic carbocycles. The van der Waals surface area contributed by atoms with Gasteiger partial charge in [-0.2, -0.15) is 0 Å². The second-order valence-electron chi connectivity index (χ2n) is 7.00. The number of benzene rings is 2. The van der Waals surface area contributed by atoms with Gasteiger partial charge in [0, 0.05) is 17.9 Å². The van der Waals surface area contributed by atoms with Crippen LogP contribution in [0.15, 0.2) is 60.7 Å². The Morgan fingerprint density at radius 3 is 1.92 bits per heavy atom. The minimum atomic E-state index is -0.397. The number of ether oxygens (including phenoxy) is 1. The van der Waals surface area contributed by atoms with Crippen LogP contribution >= 0.6 is 0 Å². The summed E-state index contributed by atoms with van der Waals surface area (Å²) >= 11 is 0. The Labute approximate surface area is 157 Å².